The summed E-state index contributed by atoms with van der Waals surface area (Å²) in [5.41, 5.74) is 2.66. The highest BCUT2D eigenvalue weighted by Crippen LogP contribution is 2.45. The summed E-state index contributed by atoms with van der Waals surface area (Å²) in [5, 5.41) is 10.7. The van der Waals surface area contributed by atoms with Gasteiger partial charge < -0.3 is 14.2 Å². The standard InChI is InChI=1S/C28H28F3N11O/c1-16(2)42-13-21(28(29,30)31)37-25(42)19-6-4-17(5-7-19)11-41(12-20-10-36-40-39-20)27-35-15-33-24(38-27)22-23(18-8-9-18)32-14-34-26(22)43-3/h4-7,10,13-16,18H,8-9,11-12H2,1-3H3,(H,36,39,40). The first kappa shape index (κ1) is 28.2. The molecule has 6 rings (SSSR count). The van der Waals surface area contributed by atoms with Gasteiger partial charge in [-0.1, -0.05) is 24.3 Å². The van der Waals surface area contributed by atoms with E-state index in [4.69, 9.17) is 9.72 Å². The Bertz CT molecular complexity index is 1700. The summed E-state index contributed by atoms with van der Waals surface area (Å²) in [6.45, 7) is 4.32. The molecule has 1 aliphatic carbocycles. The number of methoxy groups -OCH3 is 1. The number of nitrogens with zero attached hydrogens (tertiary/aromatic N) is 10. The number of ether oxygens (including phenoxy) is 1. The monoisotopic (exact) mass is 591 g/mol. The number of benzene rings is 1. The van der Waals surface area contributed by atoms with Crippen molar-refractivity contribution in [3.63, 3.8) is 0 Å². The molecule has 5 aromatic rings. The molecule has 4 aromatic heterocycles. The van der Waals surface area contributed by atoms with E-state index < -0.39 is 11.9 Å². The van der Waals surface area contributed by atoms with Crippen molar-refractivity contribution in [2.24, 2.45) is 0 Å². The maximum absolute atomic E-state index is 13.4. The van der Waals surface area contributed by atoms with Gasteiger partial charge in [0.2, 0.25) is 11.8 Å². The molecule has 0 spiro atoms. The Balaban J connectivity index is 1.32. The van der Waals surface area contributed by atoms with Gasteiger partial charge >= 0.3 is 6.18 Å². The van der Waals surface area contributed by atoms with Crippen molar-refractivity contribution in [3.8, 4) is 28.7 Å². The second kappa shape index (κ2) is 11.4. The van der Waals surface area contributed by atoms with Gasteiger partial charge in [0, 0.05) is 30.3 Å². The lowest BCUT2D eigenvalue weighted by Gasteiger charge is -2.22. The molecule has 4 heterocycles. The number of hydrogen-bond donors (Lipinski definition) is 1. The molecule has 222 valence electrons. The SMILES string of the molecule is COc1ncnc(C2CC2)c1-c1ncnc(N(Cc2ccc(-c3nc(C(F)(F)F)cn3C(C)C)cc2)Cc2cn[nH]n2)n1. The summed E-state index contributed by atoms with van der Waals surface area (Å²) in [6, 6.07) is 7.01. The first-order valence-electron chi connectivity index (χ1n) is 13.6. The van der Waals surface area contributed by atoms with E-state index in [1.165, 1.54) is 17.2 Å². The van der Waals surface area contributed by atoms with Gasteiger partial charge in [-0.25, -0.2) is 24.9 Å². The Hall–Kier alpha value is -4.95. The highest BCUT2D eigenvalue weighted by Gasteiger charge is 2.35. The largest absolute Gasteiger partial charge is 0.480 e. The summed E-state index contributed by atoms with van der Waals surface area (Å²) >= 11 is 0. The van der Waals surface area contributed by atoms with Crippen LogP contribution in [0.3, 0.4) is 0 Å². The molecule has 1 saturated carbocycles. The van der Waals surface area contributed by atoms with E-state index in [2.05, 4.69) is 40.3 Å². The van der Waals surface area contributed by atoms with Gasteiger partial charge in [-0.15, -0.1) is 0 Å². The van der Waals surface area contributed by atoms with Crippen LogP contribution in [-0.2, 0) is 19.3 Å². The second-order valence-corrected chi connectivity index (χ2v) is 10.5. The zero-order valence-corrected chi connectivity index (χ0v) is 23.6. The number of aromatic nitrogens is 10. The lowest BCUT2D eigenvalue weighted by molar-refractivity contribution is -0.140. The summed E-state index contributed by atoms with van der Waals surface area (Å²) in [4.78, 5) is 28.2. The molecule has 0 amide bonds. The molecule has 43 heavy (non-hydrogen) atoms. The van der Waals surface area contributed by atoms with Crippen molar-refractivity contribution in [2.45, 2.75) is 57.9 Å². The minimum atomic E-state index is -4.53. The number of aromatic amines is 1. The summed E-state index contributed by atoms with van der Waals surface area (Å²) < 4.78 is 47.3. The third-order valence-corrected chi connectivity index (χ3v) is 7.05. The van der Waals surface area contributed by atoms with Crippen molar-refractivity contribution in [2.75, 3.05) is 12.0 Å². The maximum atomic E-state index is 13.4. The summed E-state index contributed by atoms with van der Waals surface area (Å²) in [5.74, 6) is 1.72. The van der Waals surface area contributed by atoms with Crippen LogP contribution in [0.25, 0.3) is 22.8 Å². The number of nitrogens with one attached hydrogen (secondary N) is 1. The minimum absolute atomic E-state index is 0.205. The van der Waals surface area contributed by atoms with E-state index in [0.29, 0.717) is 53.5 Å². The molecule has 1 fully saturated rings. The van der Waals surface area contributed by atoms with Crippen LogP contribution in [0.5, 0.6) is 5.88 Å². The molecule has 0 saturated heterocycles. The lowest BCUT2D eigenvalue weighted by atomic mass is 10.1. The molecular formula is C28H28F3N11O. The van der Waals surface area contributed by atoms with Crippen LogP contribution >= 0.6 is 0 Å². The van der Waals surface area contributed by atoms with Gasteiger partial charge in [0.05, 0.1) is 25.5 Å². The normalized spacial score (nSPS) is 13.5. The Morgan fingerprint density at radius 2 is 1.79 bits per heavy atom. The smallest absolute Gasteiger partial charge is 0.434 e. The van der Waals surface area contributed by atoms with Crippen molar-refractivity contribution in [3.05, 3.63) is 72.0 Å². The number of anilines is 1. The molecule has 0 radical (unpaired) electrons. The van der Waals surface area contributed by atoms with Gasteiger partial charge in [-0.2, -0.15) is 33.6 Å². The molecule has 0 bridgehead atoms. The van der Waals surface area contributed by atoms with E-state index in [0.717, 1.165) is 30.3 Å². The van der Waals surface area contributed by atoms with Crippen molar-refractivity contribution >= 4 is 5.95 Å². The van der Waals surface area contributed by atoms with Gasteiger partial charge in [0.1, 0.15) is 29.7 Å². The molecule has 12 nitrogen and oxygen atoms in total. The fraction of sp³-hybridized carbons (Fsp3) is 0.357. The highest BCUT2D eigenvalue weighted by molar-refractivity contribution is 5.66. The van der Waals surface area contributed by atoms with E-state index in [1.807, 2.05) is 30.9 Å². The molecule has 1 N–H and O–H groups in total. The zero-order chi connectivity index (χ0) is 30.1. The maximum Gasteiger partial charge on any atom is 0.434 e. The van der Waals surface area contributed by atoms with Gasteiger partial charge in [0.25, 0.3) is 0 Å². The average Bonchev–Trinajstić information content (AvgIpc) is 3.51. The Morgan fingerprint density at radius 1 is 1.02 bits per heavy atom. The first-order chi connectivity index (χ1) is 20.7. The fourth-order valence-electron chi connectivity index (χ4n) is 4.79. The number of alkyl halides is 3. The molecule has 0 aliphatic heterocycles. The van der Waals surface area contributed by atoms with Gasteiger partial charge in [-0.3, -0.25) is 0 Å². The number of halogens is 3. The predicted molar refractivity (Wildman–Crippen MR) is 149 cm³/mol. The second-order valence-electron chi connectivity index (χ2n) is 10.5. The van der Waals surface area contributed by atoms with Crippen LogP contribution in [0.15, 0.2) is 49.3 Å². The molecule has 1 aliphatic rings. The number of imidazole rings is 1. The quantitative estimate of drug-likeness (QED) is 0.236. The van der Waals surface area contributed by atoms with E-state index >= 15 is 0 Å². The van der Waals surface area contributed by atoms with Crippen LogP contribution in [0, 0.1) is 0 Å². The minimum Gasteiger partial charge on any atom is -0.480 e. The fourth-order valence-corrected chi connectivity index (χ4v) is 4.79. The van der Waals surface area contributed by atoms with Crippen LogP contribution in [-0.4, -0.2) is 57.0 Å². The Kier molecular flexibility index (Phi) is 7.46. The van der Waals surface area contributed by atoms with Crippen molar-refractivity contribution in [1.29, 1.82) is 0 Å². The average molecular weight is 592 g/mol. The number of hydrogen-bond acceptors (Lipinski definition) is 10. The first-order valence-corrected chi connectivity index (χ1v) is 13.6. The predicted octanol–water partition coefficient (Wildman–Crippen LogP) is 5.00. The molecule has 0 unspecified atom stereocenters. The topological polar surface area (TPSA) is 136 Å². The number of H-pyrrole nitrogens is 1. The van der Waals surface area contributed by atoms with Gasteiger partial charge in [0.15, 0.2) is 11.5 Å². The number of rotatable bonds is 10. The van der Waals surface area contributed by atoms with Crippen LogP contribution in [0.4, 0.5) is 19.1 Å². The third-order valence-electron chi connectivity index (χ3n) is 7.05. The van der Waals surface area contributed by atoms with Crippen molar-refractivity contribution < 1.29 is 17.9 Å². The molecule has 0 atom stereocenters. The van der Waals surface area contributed by atoms with E-state index in [9.17, 15) is 13.2 Å². The molecule has 1 aromatic carbocycles. The lowest BCUT2D eigenvalue weighted by Crippen LogP contribution is -2.25. The zero-order valence-electron chi connectivity index (χ0n) is 23.6. The summed E-state index contributed by atoms with van der Waals surface area (Å²) in [7, 11) is 1.54. The Labute approximate surface area is 244 Å². The molecular weight excluding hydrogens is 563 g/mol. The highest BCUT2D eigenvalue weighted by atomic mass is 19.4. The van der Waals surface area contributed by atoms with Crippen LogP contribution in [0.2, 0.25) is 0 Å². The van der Waals surface area contributed by atoms with Crippen molar-refractivity contribution in [1.82, 2.24) is 49.9 Å². The van der Waals surface area contributed by atoms with Gasteiger partial charge in [-0.05, 0) is 32.3 Å². The van der Waals surface area contributed by atoms with E-state index in [-0.39, 0.29) is 11.9 Å². The summed E-state index contributed by atoms with van der Waals surface area (Å²) in [6.07, 6.45) is 3.09. The van der Waals surface area contributed by atoms with Crippen LogP contribution in [0.1, 0.15) is 61.3 Å². The Morgan fingerprint density at radius 3 is 2.44 bits per heavy atom. The third kappa shape index (κ3) is 6.01. The molecule has 15 heteroatoms. The van der Waals surface area contributed by atoms with Crippen LogP contribution < -0.4 is 9.64 Å². The van der Waals surface area contributed by atoms with E-state index in [1.54, 1.807) is 25.4 Å².